The third-order valence-electron chi connectivity index (χ3n) is 1.95. The minimum atomic E-state index is -0.600. The summed E-state index contributed by atoms with van der Waals surface area (Å²) in [6, 6.07) is 2.82. The van der Waals surface area contributed by atoms with E-state index in [1.54, 1.807) is 29.9 Å². The molecular formula is C9H14N2O3. The average molecular weight is 198 g/mol. The van der Waals surface area contributed by atoms with Gasteiger partial charge in [0.05, 0.1) is 19.3 Å². The molecule has 0 bridgehead atoms. The number of nitrogens with one attached hydrogen (secondary N) is 1. The van der Waals surface area contributed by atoms with Gasteiger partial charge in [-0.15, -0.1) is 0 Å². The predicted molar refractivity (Wildman–Crippen MR) is 50.8 cm³/mol. The van der Waals surface area contributed by atoms with Crippen LogP contribution >= 0.6 is 0 Å². The number of hydrogen-bond acceptors (Lipinski definition) is 3. The van der Waals surface area contributed by atoms with Crippen molar-refractivity contribution >= 4 is 5.91 Å². The number of aliphatic hydroxyl groups is 2. The van der Waals surface area contributed by atoms with E-state index in [4.69, 9.17) is 10.2 Å². The maximum absolute atomic E-state index is 11.5. The van der Waals surface area contributed by atoms with E-state index in [1.165, 1.54) is 0 Å². The van der Waals surface area contributed by atoms with Crippen molar-refractivity contribution in [2.45, 2.75) is 6.04 Å². The van der Waals surface area contributed by atoms with Gasteiger partial charge in [-0.1, -0.05) is 0 Å². The SMILES string of the molecule is Cn1cccc1C(=O)NC(CO)CO. The molecule has 0 spiro atoms. The van der Waals surface area contributed by atoms with Gasteiger partial charge in [0.1, 0.15) is 5.69 Å². The quantitative estimate of drug-likeness (QED) is 0.587. The highest BCUT2D eigenvalue weighted by atomic mass is 16.3. The summed E-state index contributed by atoms with van der Waals surface area (Å²) in [5, 5.41) is 20.0. The molecule has 0 saturated heterocycles. The minimum absolute atomic E-state index is 0.271. The summed E-state index contributed by atoms with van der Waals surface area (Å²) in [6.07, 6.45) is 1.75. The van der Waals surface area contributed by atoms with Crippen molar-refractivity contribution in [2.24, 2.45) is 7.05 Å². The Morgan fingerprint density at radius 2 is 2.21 bits per heavy atom. The van der Waals surface area contributed by atoms with E-state index in [2.05, 4.69) is 5.32 Å². The van der Waals surface area contributed by atoms with Crippen LogP contribution in [0.3, 0.4) is 0 Å². The summed E-state index contributed by atoms with van der Waals surface area (Å²) < 4.78 is 1.67. The molecule has 0 atom stereocenters. The van der Waals surface area contributed by atoms with Crippen molar-refractivity contribution in [3.05, 3.63) is 24.0 Å². The summed E-state index contributed by atoms with van der Waals surface area (Å²) in [5.41, 5.74) is 0.497. The molecule has 5 heteroatoms. The number of nitrogens with zero attached hydrogens (tertiary/aromatic N) is 1. The van der Waals surface area contributed by atoms with Crippen LogP contribution in [0.25, 0.3) is 0 Å². The Hall–Kier alpha value is -1.33. The molecular weight excluding hydrogens is 184 g/mol. The fourth-order valence-electron chi connectivity index (χ4n) is 1.11. The number of rotatable bonds is 4. The van der Waals surface area contributed by atoms with Crippen LogP contribution < -0.4 is 5.32 Å². The molecule has 0 fully saturated rings. The molecule has 0 saturated carbocycles. The minimum Gasteiger partial charge on any atom is -0.394 e. The molecule has 1 aromatic rings. The van der Waals surface area contributed by atoms with E-state index < -0.39 is 6.04 Å². The first-order chi connectivity index (χ1) is 6.69. The molecule has 78 valence electrons. The van der Waals surface area contributed by atoms with Crippen molar-refractivity contribution < 1.29 is 15.0 Å². The molecule has 1 aromatic heterocycles. The summed E-state index contributed by atoms with van der Waals surface area (Å²) >= 11 is 0. The maximum Gasteiger partial charge on any atom is 0.268 e. The zero-order chi connectivity index (χ0) is 10.6. The molecule has 1 amide bonds. The summed E-state index contributed by atoms with van der Waals surface area (Å²) in [7, 11) is 1.75. The Labute approximate surface area is 82.0 Å². The number of carbonyl (C=O) groups is 1. The first kappa shape index (κ1) is 10.7. The predicted octanol–water partition coefficient (Wildman–Crippen LogP) is -0.892. The van der Waals surface area contributed by atoms with Gasteiger partial charge in [0, 0.05) is 13.2 Å². The van der Waals surface area contributed by atoms with Gasteiger partial charge in [0.25, 0.3) is 5.91 Å². The number of amides is 1. The van der Waals surface area contributed by atoms with Crippen LogP contribution in [0.5, 0.6) is 0 Å². The second kappa shape index (κ2) is 4.78. The van der Waals surface area contributed by atoms with Gasteiger partial charge in [-0.2, -0.15) is 0 Å². The van der Waals surface area contributed by atoms with Crippen LogP contribution in [0.1, 0.15) is 10.5 Å². The third-order valence-corrected chi connectivity index (χ3v) is 1.95. The van der Waals surface area contributed by atoms with Crippen molar-refractivity contribution in [1.82, 2.24) is 9.88 Å². The molecule has 0 aliphatic rings. The van der Waals surface area contributed by atoms with Crippen LogP contribution in [-0.2, 0) is 7.05 Å². The summed E-state index contributed by atoms with van der Waals surface area (Å²) in [6.45, 7) is -0.542. The number of aromatic nitrogens is 1. The lowest BCUT2D eigenvalue weighted by molar-refractivity contribution is 0.0871. The topological polar surface area (TPSA) is 74.5 Å². The van der Waals surface area contributed by atoms with Gasteiger partial charge in [0.2, 0.25) is 0 Å². The van der Waals surface area contributed by atoms with Gasteiger partial charge >= 0.3 is 0 Å². The Morgan fingerprint density at radius 3 is 2.64 bits per heavy atom. The van der Waals surface area contributed by atoms with Crippen molar-refractivity contribution in [3.8, 4) is 0 Å². The Balaban J connectivity index is 2.63. The molecule has 1 heterocycles. The average Bonchev–Trinajstić information content (AvgIpc) is 2.60. The molecule has 0 aliphatic heterocycles. The van der Waals surface area contributed by atoms with E-state index in [9.17, 15) is 4.79 Å². The monoisotopic (exact) mass is 198 g/mol. The molecule has 1 rings (SSSR count). The van der Waals surface area contributed by atoms with E-state index in [0.717, 1.165) is 0 Å². The molecule has 0 aliphatic carbocycles. The lowest BCUT2D eigenvalue weighted by atomic mass is 10.3. The van der Waals surface area contributed by atoms with Crippen molar-refractivity contribution in [3.63, 3.8) is 0 Å². The van der Waals surface area contributed by atoms with Crippen LogP contribution in [0.2, 0.25) is 0 Å². The van der Waals surface area contributed by atoms with Crippen LogP contribution in [-0.4, -0.2) is 39.9 Å². The van der Waals surface area contributed by atoms with Crippen molar-refractivity contribution in [1.29, 1.82) is 0 Å². The number of aliphatic hydroxyl groups excluding tert-OH is 2. The standard InChI is InChI=1S/C9H14N2O3/c1-11-4-2-3-8(11)9(14)10-7(5-12)6-13/h2-4,7,12-13H,5-6H2,1H3,(H,10,14). The number of carbonyl (C=O) groups excluding carboxylic acids is 1. The molecule has 0 radical (unpaired) electrons. The Bertz CT molecular complexity index is 305. The molecule has 0 unspecified atom stereocenters. The van der Waals surface area contributed by atoms with Gasteiger partial charge < -0.3 is 20.1 Å². The first-order valence-electron chi connectivity index (χ1n) is 4.33. The highest BCUT2D eigenvalue weighted by Gasteiger charge is 2.13. The molecule has 14 heavy (non-hydrogen) atoms. The molecule has 3 N–H and O–H groups in total. The van der Waals surface area contributed by atoms with E-state index >= 15 is 0 Å². The number of hydrogen-bond donors (Lipinski definition) is 3. The van der Waals surface area contributed by atoms with Crippen LogP contribution in [0, 0.1) is 0 Å². The Kier molecular flexibility index (Phi) is 3.67. The smallest absolute Gasteiger partial charge is 0.268 e. The Morgan fingerprint density at radius 1 is 1.57 bits per heavy atom. The first-order valence-corrected chi connectivity index (χ1v) is 4.33. The third kappa shape index (κ3) is 2.34. The fourth-order valence-corrected chi connectivity index (χ4v) is 1.11. The highest BCUT2D eigenvalue weighted by molar-refractivity contribution is 5.92. The van der Waals surface area contributed by atoms with E-state index in [0.29, 0.717) is 5.69 Å². The number of aryl methyl sites for hydroxylation is 1. The maximum atomic E-state index is 11.5. The molecule has 0 aromatic carbocycles. The van der Waals surface area contributed by atoms with Gasteiger partial charge in [-0.25, -0.2) is 0 Å². The highest BCUT2D eigenvalue weighted by Crippen LogP contribution is 1.99. The summed E-state index contributed by atoms with van der Waals surface area (Å²) in [4.78, 5) is 11.5. The largest absolute Gasteiger partial charge is 0.394 e. The normalized spacial score (nSPS) is 10.6. The fraction of sp³-hybridized carbons (Fsp3) is 0.444. The second-order valence-corrected chi connectivity index (χ2v) is 3.04. The zero-order valence-corrected chi connectivity index (χ0v) is 7.97. The lowest BCUT2D eigenvalue weighted by Gasteiger charge is -2.13. The summed E-state index contributed by atoms with van der Waals surface area (Å²) in [5.74, 6) is -0.300. The van der Waals surface area contributed by atoms with Crippen LogP contribution in [0.15, 0.2) is 18.3 Å². The van der Waals surface area contributed by atoms with E-state index in [-0.39, 0.29) is 19.1 Å². The van der Waals surface area contributed by atoms with Gasteiger partial charge in [-0.05, 0) is 12.1 Å². The van der Waals surface area contributed by atoms with Gasteiger partial charge in [-0.3, -0.25) is 4.79 Å². The van der Waals surface area contributed by atoms with Crippen molar-refractivity contribution in [2.75, 3.05) is 13.2 Å². The van der Waals surface area contributed by atoms with Gasteiger partial charge in [0.15, 0.2) is 0 Å². The van der Waals surface area contributed by atoms with Crippen LogP contribution in [0.4, 0.5) is 0 Å². The molecule has 5 nitrogen and oxygen atoms in total. The van der Waals surface area contributed by atoms with E-state index in [1.807, 2.05) is 0 Å². The lowest BCUT2D eigenvalue weighted by Crippen LogP contribution is -2.40. The zero-order valence-electron chi connectivity index (χ0n) is 7.97. The second-order valence-electron chi connectivity index (χ2n) is 3.04.